The molecule has 0 amide bonds. The van der Waals surface area contributed by atoms with Crippen LogP contribution in [0.1, 0.15) is 52.0 Å². The molecule has 0 atom stereocenters. The molecule has 1 aromatic rings. The molecule has 1 saturated carbocycles. The molecule has 1 aliphatic rings. The SMILES string of the molecule is CCN(c1ncc(CNC(C)C)cc1Cl)C1CCCC1. The maximum atomic E-state index is 6.46. The molecule has 0 radical (unpaired) electrons. The first kappa shape index (κ1) is 15.6. The van der Waals surface area contributed by atoms with Gasteiger partial charge in [0.05, 0.1) is 5.02 Å². The van der Waals surface area contributed by atoms with Crippen LogP contribution in [0.2, 0.25) is 5.02 Å². The quantitative estimate of drug-likeness (QED) is 0.860. The Hall–Kier alpha value is -0.800. The van der Waals surface area contributed by atoms with E-state index in [-0.39, 0.29) is 0 Å². The largest absolute Gasteiger partial charge is 0.353 e. The Balaban J connectivity index is 2.10. The maximum Gasteiger partial charge on any atom is 0.147 e. The first-order valence-corrected chi connectivity index (χ1v) is 8.14. The van der Waals surface area contributed by atoms with Crippen molar-refractivity contribution in [3.63, 3.8) is 0 Å². The Bertz CT molecular complexity index is 428. The summed E-state index contributed by atoms with van der Waals surface area (Å²) in [6, 6.07) is 3.14. The van der Waals surface area contributed by atoms with Crippen LogP contribution in [0.4, 0.5) is 5.82 Å². The number of nitrogens with zero attached hydrogens (tertiary/aromatic N) is 2. The molecule has 2 rings (SSSR count). The van der Waals surface area contributed by atoms with Gasteiger partial charge in [-0.2, -0.15) is 0 Å². The summed E-state index contributed by atoms with van der Waals surface area (Å²) in [7, 11) is 0. The highest BCUT2D eigenvalue weighted by Crippen LogP contribution is 2.31. The van der Waals surface area contributed by atoms with Crippen molar-refractivity contribution in [1.29, 1.82) is 0 Å². The van der Waals surface area contributed by atoms with Crippen LogP contribution in [0.5, 0.6) is 0 Å². The molecule has 1 heterocycles. The minimum absolute atomic E-state index is 0.471. The Morgan fingerprint density at radius 2 is 2.10 bits per heavy atom. The van der Waals surface area contributed by atoms with Crippen molar-refractivity contribution in [2.75, 3.05) is 11.4 Å². The number of aromatic nitrogens is 1. The predicted molar refractivity (Wildman–Crippen MR) is 86.5 cm³/mol. The van der Waals surface area contributed by atoms with E-state index in [9.17, 15) is 0 Å². The van der Waals surface area contributed by atoms with Gasteiger partial charge in [-0.15, -0.1) is 0 Å². The van der Waals surface area contributed by atoms with Crippen LogP contribution in [0.15, 0.2) is 12.3 Å². The van der Waals surface area contributed by atoms with E-state index in [1.54, 1.807) is 0 Å². The fourth-order valence-corrected chi connectivity index (χ4v) is 3.19. The van der Waals surface area contributed by atoms with Crippen molar-refractivity contribution in [3.8, 4) is 0 Å². The van der Waals surface area contributed by atoms with Gasteiger partial charge in [0.2, 0.25) is 0 Å². The van der Waals surface area contributed by atoms with Crippen LogP contribution >= 0.6 is 11.6 Å². The van der Waals surface area contributed by atoms with Gasteiger partial charge < -0.3 is 10.2 Å². The predicted octanol–water partition coefficient (Wildman–Crippen LogP) is 4.00. The molecule has 3 nitrogen and oxygen atoms in total. The highest BCUT2D eigenvalue weighted by Gasteiger charge is 2.24. The Morgan fingerprint density at radius 1 is 1.40 bits per heavy atom. The van der Waals surface area contributed by atoms with Crippen LogP contribution < -0.4 is 10.2 Å². The third-order valence-corrected chi connectivity index (χ3v) is 4.25. The summed E-state index contributed by atoms with van der Waals surface area (Å²) in [5, 5.41) is 4.17. The van der Waals surface area contributed by atoms with E-state index >= 15 is 0 Å². The van der Waals surface area contributed by atoms with E-state index in [0.717, 1.165) is 29.5 Å². The lowest BCUT2D eigenvalue weighted by Gasteiger charge is -2.29. The van der Waals surface area contributed by atoms with Gasteiger partial charge in [0, 0.05) is 31.4 Å². The van der Waals surface area contributed by atoms with Crippen molar-refractivity contribution in [3.05, 3.63) is 22.8 Å². The Kier molecular flexibility index (Phi) is 5.67. The lowest BCUT2D eigenvalue weighted by atomic mass is 10.2. The van der Waals surface area contributed by atoms with E-state index in [1.165, 1.54) is 25.7 Å². The standard InChI is InChI=1S/C16H26ClN3/c1-4-20(14-7-5-6-8-14)16-15(17)9-13(11-19-16)10-18-12(2)3/h9,11-12,14,18H,4-8,10H2,1-3H3. The average Bonchev–Trinajstić information content (AvgIpc) is 2.93. The molecule has 1 fully saturated rings. The van der Waals surface area contributed by atoms with Crippen LogP contribution in [-0.4, -0.2) is 23.6 Å². The average molecular weight is 296 g/mol. The van der Waals surface area contributed by atoms with Crippen molar-refractivity contribution < 1.29 is 0 Å². The monoisotopic (exact) mass is 295 g/mol. The molecule has 0 spiro atoms. The topological polar surface area (TPSA) is 28.2 Å². The van der Waals surface area contributed by atoms with Gasteiger partial charge in [-0.3, -0.25) is 0 Å². The third-order valence-electron chi connectivity index (χ3n) is 3.97. The molecule has 0 bridgehead atoms. The number of halogens is 1. The van der Waals surface area contributed by atoms with Crippen LogP contribution in [0.25, 0.3) is 0 Å². The first-order chi connectivity index (χ1) is 9.61. The smallest absolute Gasteiger partial charge is 0.147 e. The van der Waals surface area contributed by atoms with E-state index in [1.807, 2.05) is 6.20 Å². The third kappa shape index (κ3) is 3.86. The number of anilines is 1. The minimum Gasteiger partial charge on any atom is -0.353 e. The van der Waals surface area contributed by atoms with E-state index in [4.69, 9.17) is 11.6 Å². The second-order valence-corrected chi connectivity index (χ2v) is 6.32. The summed E-state index contributed by atoms with van der Waals surface area (Å²) in [5.41, 5.74) is 1.15. The lowest BCUT2D eigenvalue weighted by molar-refractivity contribution is 0.586. The summed E-state index contributed by atoms with van der Waals surface area (Å²) < 4.78 is 0. The number of hydrogen-bond donors (Lipinski definition) is 1. The highest BCUT2D eigenvalue weighted by atomic mass is 35.5. The van der Waals surface area contributed by atoms with Gasteiger partial charge >= 0.3 is 0 Å². The van der Waals surface area contributed by atoms with E-state index in [0.29, 0.717) is 12.1 Å². The summed E-state index contributed by atoms with van der Waals surface area (Å²) in [5.74, 6) is 0.953. The van der Waals surface area contributed by atoms with Gasteiger partial charge in [0.25, 0.3) is 0 Å². The molecule has 0 aliphatic heterocycles. The zero-order chi connectivity index (χ0) is 14.5. The maximum absolute atomic E-state index is 6.46. The summed E-state index contributed by atoms with van der Waals surface area (Å²) in [6.07, 6.45) is 7.14. The van der Waals surface area contributed by atoms with Crippen molar-refractivity contribution >= 4 is 17.4 Å². The van der Waals surface area contributed by atoms with E-state index in [2.05, 4.69) is 42.0 Å². The Labute approximate surface area is 127 Å². The number of pyridine rings is 1. The molecule has 1 aliphatic carbocycles. The van der Waals surface area contributed by atoms with Gasteiger partial charge in [0.1, 0.15) is 5.82 Å². The van der Waals surface area contributed by atoms with Gasteiger partial charge in [-0.05, 0) is 31.4 Å². The summed E-state index contributed by atoms with van der Waals surface area (Å²) in [4.78, 5) is 7.00. The summed E-state index contributed by atoms with van der Waals surface area (Å²) >= 11 is 6.46. The second-order valence-electron chi connectivity index (χ2n) is 5.91. The minimum atomic E-state index is 0.471. The molecule has 20 heavy (non-hydrogen) atoms. The zero-order valence-electron chi connectivity index (χ0n) is 12.8. The molecule has 1 aromatic heterocycles. The highest BCUT2D eigenvalue weighted by molar-refractivity contribution is 6.33. The lowest BCUT2D eigenvalue weighted by Crippen LogP contribution is -2.34. The molecule has 1 N–H and O–H groups in total. The summed E-state index contributed by atoms with van der Waals surface area (Å²) in [6.45, 7) is 8.26. The first-order valence-electron chi connectivity index (χ1n) is 7.76. The van der Waals surface area contributed by atoms with Crippen molar-refractivity contribution in [2.45, 2.75) is 65.1 Å². The molecule has 0 unspecified atom stereocenters. The van der Waals surface area contributed by atoms with Crippen LogP contribution in [0.3, 0.4) is 0 Å². The molecular weight excluding hydrogens is 270 g/mol. The van der Waals surface area contributed by atoms with Crippen LogP contribution in [-0.2, 0) is 6.54 Å². The second kappa shape index (κ2) is 7.28. The van der Waals surface area contributed by atoms with Gasteiger partial charge in [0.15, 0.2) is 0 Å². The molecule has 0 saturated heterocycles. The molecule has 4 heteroatoms. The Morgan fingerprint density at radius 3 is 2.65 bits per heavy atom. The van der Waals surface area contributed by atoms with Gasteiger partial charge in [-0.1, -0.05) is 38.3 Å². The molecular formula is C16H26ClN3. The number of nitrogens with one attached hydrogen (secondary N) is 1. The van der Waals surface area contributed by atoms with Crippen molar-refractivity contribution in [1.82, 2.24) is 10.3 Å². The fraction of sp³-hybridized carbons (Fsp3) is 0.688. The van der Waals surface area contributed by atoms with E-state index < -0.39 is 0 Å². The normalized spacial score (nSPS) is 16.1. The molecule has 112 valence electrons. The van der Waals surface area contributed by atoms with Crippen molar-refractivity contribution in [2.24, 2.45) is 0 Å². The fourth-order valence-electron chi connectivity index (χ4n) is 2.90. The van der Waals surface area contributed by atoms with Crippen LogP contribution in [0, 0.1) is 0 Å². The zero-order valence-corrected chi connectivity index (χ0v) is 13.6. The van der Waals surface area contributed by atoms with Gasteiger partial charge in [-0.25, -0.2) is 4.98 Å². The number of hydrogen-bond acceptors (Lipinski definition) is 3. The number of rotatable bonds is 6. The molecule has 0 aromatic carbocycles.